The van der Waals surface area contributed by atoms with Crippen LogP contribution in [0.5, 0.6) is 5.75 Å². The zero-order chi connectivity index (χ0) is 20.2. The molecule has 0 saturated heterocycles. The molecular formula is C24H24N2O2S. The van der Waals surface area contributed by atoms with Crippen molar-refractivity contribution < 1.29 is 9.53 Å². The zero-order valence-electron chi connectivity index (χ0n) is 16.7. The summed E-state index contributed by atoms with van der Waals surface area (Å²) in [6.45, 7) is 2.01. The van der Waals surface area contributed by atoms with E-state index in [1.165, 1.54) is 47.8 Å². The quantitative estimate of drug-likeness (QED) is 0.559. The Bertz CT molecular complexity index is 1070. The van der Waals surface area contributed by atoms with Crippen molar-refractivity contribution in [2.24, 2.45) is 0 Å². The Kier molecular flexibility index (Phi) is 5.76. The van der Waals surface area contributed by atoms with Crippen LogP contribution in [-0.2, 0) is 17.6 Å². The van der Waals surface area contributed by atoms with Gasteiger partial charge in [-0.1, -0.05) is 23.8 Å². The monoisotopic (exact) mass is 404 g/mol. The van der Waals surface area contributed by atoms with E-state index in [1.807, 2.05) is 30.5 Å². The second-order valence-corrected chi connectivity index (χ2v) is 8.15. The van der Waals surface area contributed by atoms with Gasteiger partial charge in [0.2, 0.25) is 5.91 Å². The summed E-state index contributed by atoms with van der Waals surface area (Å²) >= 11 is 1.44. The fraction of sp³-hybridized carbons (Fsp3) is 0.250. The fourth-order valence-corrected chi connectivity index (χ4v) is 4.38. The Morgan fingerprint density at radius 1 is 1.14 bits per heavy atom. The topological polar surface area (TPSA) is 51.2 Å². The van der Waals surface area contributed by atoms with Gasteiger partial charge in [0.15, 0.2) is 5.13 Å². The maximum atomic E-state index is 12.3. The molecule has 1 heterocycles. The summed E-state index contributed by atoms with van der Waals surface area (Å²) in [6.07, 6.45) is 8.13. The summed E-state index contributed by atoms with van der Waals surface area (Å²) in [5.74, 6) is 0.531. The van der Waals surface area contributed by atoms with E-state index in [9.17, 15) is 4.79 Å². The molecule has 0 aliphatic heterocycles. The standard InChI is InChI=1S/C24H24N2O2S/c1-16-7-11-22(28-2)20(13-16)10-12-23(27)26-24-25-21(15-29-24)19-9-8-17-5-3-4-6-18(17)14-19/h7-15H,3-6H2,1-2H3,(H,25,26,27)/b12-10+. The van der Waals surface area contributed by atoms with E-state index >= 15 is 0 Å². The molecule has 2 aromatic carbocycles. The van der Waals surface area contributed by atoms with Gasteiger partial charge in [-0.25, -0.2) is 4.98 Å². The molecule has 29 heavy (non-hydrogen) atoms. The van der Waals surface area contributed by atoms with Gasteiger partial charge in [-0.05, 0) is 68.0 Å². The molecule has 0 saturated carbocycles. The number of aromatic nitrogens is 1. The van der Waals surface area contributed by atoms with Crippen molar-refractivity contribution in [1.82, 2.24) is 4.98 Å². The van der Waals surface area contributed by atoms with E-state index in [0.717, 1.165) is 34.6 Å². The summed E-state index contributed by atoms with van der Waals surface area (Å²) in [7, 11) is 1.62. The number of amides is 1. The molecule has 3 aromatic rings. The first-order valence-corrected chi connectivity index (χ1v) is 10.7. The number of hydrogen-bond acceptors (Lipinski definition) is 4. The lowest BCUT2D eigenvalue weighted by molar-refractivity contribution is -0.111. The number of benzene rings is 2. The van der Waals surface area contributed by atoms with Crippen molar-refractivity contribution >= 4 is 28.5 Å². The van der Waals surface area contributed by atoms with Gasteiger partial charge in [-0.2, -0.15) is 0 Å². The lowest BCUT2D eigenvalue weighted by Crippen LogP contribution is -2.07. The highest BCUT2D eigenvalue weighted by atomic mass is 32.1. The summed E-state index contributed by atoms with van der Waals surface area (Å²) in [4.78, 5) is 16.9. The van der Waals surface area contributed by atoms with Crippen LogP contribution >= 0.6 is 11.3 Å². The largest absolute Gasteiger partial charge is 0.496 e. The highest BCUT2D eigenvalue weighted by Gasteiger charge is 2.12. The zero-order valence-corrected chi connectivity index (χ0v) is 17.5. The molecular weight excluding hydrogens is 380 g/mol. The third-order valence-electron chi connectivity index (χ3n) is 5.18. The SMILES string of the molecule is COc1ccc(C)cc1/C=C/C(=O)Nc1nc(-c2ccc3c(c2)CCCC3)cs1. The Morgan fingerprint density at radius 3 is 2.79 bits per heavy atom. The number of carbonyl (C=O) groups excluding carboxylic acids is 1. The Labute approximate surface area is 175 Å². The van der Waals surface area contributed by atoms with Crippen molar-refractivity contribution in [3.05, 3.63) is 70.1 Å². The Morgan fingerprint density at radius 2 is 1.97 bits per heavy atom. The molecule has 5 heteroatoms. The van der Waals surface area contributed by atoms with E-state index in [2.05, 4.69) is 28.5 Å². The second kappa shape index (κ2) is 8.62. The third-order valence-corrected chi connectivity index (χ3v) is 5.94. The highest BCUT2D eigenvalue weighted by Crippen LogP contribution is 2.29. The van der Waals surface area contributed by atoms with Crippen molar-refractivity contribution in [1.29, 1.82) is 0 Å². The van der Waals surface area contributed by atoms with E-state index in [0.29, 0.717) is 5.13 Å². The van der Waals surface area contributed by atoms with Crippen LogP contribution in [0, 0.1) is 6.92 Å². The minimum atomic E-state index is -0.208. The molecule has 0 fully saturated rings. The van der Waals surface area contributed by atoms with Crippen molar-refractivity contribution in [2.75, 3.05) is 12.4 Å². The molecule has 4 nitrogen and oxygen atoms in total. The fourth-order valence-electron chi connectivity index (χ4n) is 3.65. The van der Waals surface area contributed by atoms with Crippen LogP contribution in [-0.4, -0.2) is 18.0 Å². The first-order valence-electron chi connectivity index (χ1n) is 9.84. The number of methoxy groups -OCH3 is 1. The molecule has 1 amide bonds. The molecule has 4 rings (SSSR count). The molecule has 148 valence electrons. The molecule has 1 aliphatic carbocycles. The van der Waals surface area contributed by atoms with E-state index < -0.39 is 0 Å². The number of carbonyl (C=O) groups is 1. The number of rotatable bonds is 5. The molecule has 0 atom stereocenters. The van der Waals surface area contributed by atoms with Gasteiger partial charge in [0.05, 0.1) is 12.8 Å². The van der Waals surface area contributed by atoms with Gasteiger partial charge in [0, 0.05) is 22.6 Å². The van der Waals surface area contributed by atoms with Crippen LogP contribution in [0.4, 0.5) is 5.13 Å². The van der Waals surface area contributed by atoms with Gasteiger partial charge in [0.1, 0.15) is 5.75 Å². The van der Waals surface area contributed by atoms with Crippen molar-refractivity contribution in [3.8, 4) is 17.0 Å². The lowest BCUT2D eigenvalue weighted by atomic mass is 9.90. The second-order valence-electron chi connectivity index (χ2n) is 7.30. The minimum Gasteiger partial charge on any atom is -0.496 e. The number of fused-ring (bicyclic) bond motifs is 1. The number of aryl methyl sites for hydroxylation is 3. The van der Waals surface area contributed by atoms with Crippen LogP contribution in [0.15, 0.2) is 47.9 Å². The predicted octanol–water partition coefficient (Wildman–Crippen LogP) is 5.66. The summed E-state index contributed by atoms with van der Waals surface area (Å²) in [5.41, 5.74) is 6.89. The van der Waals surface area contributed by atoms with Crippen LogP contribution in [0.25, 0.3) is 17.3 Å². The van der Waals surface area contributed by atoms with Crippen LogP contribution in [0.3, 0.4) is 0 Å². The number of nitrogens with one attached hydrogen (secondary N) is 1. The first kappa shape index (κ1) is 19.4. The number of ether oxygens (including phenoxy) is 1. The predicted molar refractivity (Wildman–Crippen MR) is 120 cm³/mol. The lowest BCUT2D eigenvalue weighted by Gasteiger charge is -2.16. The number of hydrogen-bond donors (Lipinski definition) is 1. The van der Waals surface area contributed by atoms with E-state index in [4.69, 9.17) is 4.74 Å². The average Bonchev–Trinajstić information content (AvgIpc) is 3.20. The Balaban J connectivity index is 1.45. The minimum absolute atomic E-state index is 0.208. The summed E-state index contributed by atoms with van der Waals surface area (Å²) in [5, 5.41) is 5.45. The number of nitrogens with zero attached hydrogens (tertiary/aromatic N) is 1. The molecule has 0 bridgehead atoms. The van der Waals surface area contributed by atoms with E-state index in [1.54, 1.807) is 13.2 Å². The van der Waals surface area contributed by atoms with Crippen LogP contribution in [0.2, 0.25) is 0 Å². The first-order chi connectivity index (χ1) is 14.1. The van der Waals surface area contributed by atoms with Gasteiger partial charge < -0.3 is 4.74 Å². The molecule has 1 aromatic heterocycles. The molecule has 0 spiro atoms. The molecule has 1 aliphatic rings. The smallest absolute Gasteiger partial charge is 0.250 e. The molecule has 0 unspecified atom stereocenters. The average molecular weight is 405 g/mol. The maximum Gasteiger partial charge on any atom is 0.250 e. The highest BCUT2D eigenvalue weighted by molar-refractivity contribution is 7.14. The Hall–Kier alpha value is -2.92. The number of anilines is 1. The normalized spacial score (nSPS) is 13.3. The van der Waals surface area contributed by atoms with E-state index in [-0.39, 0.29) is 5.91 Å². The summed E-state index contributed by atoms with van der Waals surface area (Å²) in [6, 6.07) is 12.5. The van der Waals surface area contributed by atoms with Gasteiger partial charge >= 0.3 is 0 Å². The van der Waals surface area contributed by atoms with Gasteiger partial charge in [0.25, 0.3) is 0 Å². The van der Waals surface area contributed by atoms with Crippen molar-refractivity contribution in [3.63, 3.8) is 0 Å². The molecule has 1 N–H and O–H groups in total. The number of thiazole rings is 1. The van der Waals surface area contributed by atoms with Crippen molar-refractivity contribution in [2.45, 2.75) is 32.6 Å². The van der Waals surface area contributed by atoms with Gasteiger partial charge in [-0.3, -0.25) is 10.1 Å². The van der Waals surface area contributed by atoms with Crippen LogP contribution in [0.1, 0.15) is 35.1 Å². The maximum absolute atomic E-state index is 12.3. The van der Waals surface area contributed by atoms with Crippen LogP contribution < -0.4 is 10.1 Å². The summed E-state index contributed by atoms with van der Waals surface area (Å²) < 4.78 is 5.35. The van der Waals surface area contributed by atoms with Gasteiger partial charge in [-0.15, -0.1) is 11.3 Å². The third kappa shape index (κ3) is 4.57. The molecule has 0 radical (unpaired) electrons.